The Labute approximate surface area is 113 Å². The first-order chi connectivity index (χ1) is 8.81. The van der Waals surface area contributed by atoms with Crippen LogP contribution in [0.2, 0.25) is 0 Å². The van der Waals surface area contributed by atoms with Gasteiger partial charge in [0.25, 0.3) is 0 Å². The average molecular weight is 265 g/mol. The van der Waals surface area contributed by atoms with E-state index in [0.717, 1.165) is 5.69 Å². The lowest BCUT2D eigenvalue weighted by Gasteiger charge is -2.44. The summed E-state index contributed by atoms with van der Waals surface area (Å²) in [5, 5.41) is 3.28. The van der Waals surface area contributed by atoms with Crippen LogP contribution in [0.15, 0.2) is 5.38 Å². The molecule has 0 unspecified atom stereocenters. The molecule has 2 aliphatic rings. The van der Waals surface area contributed by atoms with E-state index in [1.807, 2.05) is 0 Å². The highest BCUT2D eigenvalue weighted by Crippen LogP contribution is 2.45. The molecule has 1 spiro atoms. The number of aromatic nitrogens is 1. The molecule has 1 aliphatic carbocycles. The third kappa shape index (κ3) is 2.41. The molecule has 2 heterocycles. The minimum atomic E-state index is 0.564. The molecule has 3 rings (SSSR count). The number of hydrogen-bond acceptors (Lipinski definition) is 4. The number of hydrogen-bond donors (Lipinski definition) is 1. The van der Waals surface area contributed by atoms with Gasteiger partial charge in [-0.05, 0) is 31.1 Å². The molecule has 4 heteroatoms. The van der Waals surface area contributed by atoms with Gasteiger partial charge < -0.3 is 10.6 Å². The Morgan fingerprint density at radius 2 is 1.89 bits per heavy atom. The average Bonchev–Trinajstić information content (AvgIpc) is 2.89. The molecule has 2 N–H and O–H groups in total. The van der Waals surface area contributed by atoms with Gasteiger partial charge in [-0.25, -0.2) is 4.98 Å². The van der Waals surface area contributed by atoms with E-state index in [1.165, 1.54) is 63.2 Å². The van der Waals surface area contributed by atoms with Crippen LogP contribution >= 0.6 is 11.3 Å². The summed E-state index contributed by atoms with van der Waals surface area (Å²) < 4.78 is 0. The molecule has 0 amide bonds. The van der Waals surface area contributed by atoms with Crippen molar-refractivity contribution in [3.8, 4) is 0 Å². The highest BCUT2D eigenvalue weighted by atomic mass is 32.1. The second kappa shape index (κ2) is 5.17. The normalized spacial score (nSPS) is 23.5. The lowest BCUT2D eigenvalue weighted by atomic mass is 9.68. The molecule has 0 atom stereocenters. The number of nitrogens with two attached hydrogens (primary N) is 1. The molecule has 100 valence electrons. The Hall–Kier alpha value is -0.610. The molecule has 1 aromatic rings. The number of thiazole rings is 1. The van der Waals surface area contributed by atoms with Crippen molar-refractivity contribution in [1.82, 2.24) is 4.98 Å². The van der Waals surface area contributed by atoms with Gasteiger partial charge >= 0.3 is 0 Å². The lowest BCUT2D eigenvalue weighted by Crippen LogP contribution is -2.41. The zero-order chi connectivity index (χ0) is 12.4. The highest BCUT2D eigenvalue weighted by Gasteiger charge is 2.35. The monoisotopic (exact) mass is 265 g/mol. The van der Waals surface area contributed by atoms with Crippen LogP contribution in [0.25, 0.3) is 0 Å². The van der Waals surface area contributed by atoms with Crippen molar-refractivity contribution >= 4 is 16.5 Å². The topological polar surface area (TPSA) is 42.1 Å². The van der Waals surface area contributed by atoms with E-state index >= 15 is 0 Å². The van der Waals surface area contributed by atoms with Crippen molar-refractivity contribution < 1.29 is 0 Å². The van der Waals surface area contributed by atoms with Crippen LogP contribution in [0, 0.1) is 5.41 Å². The SMILES string of the molecule is NCc1csc(N2CCC3(CCCCC3)CC2)n1. The summed E-state index contributed by atoms with van der Waals surface area (Å²) in [6.07, 6.45) is 10.0. The second-order valence-electron chi connectivity index (χ2n) is 5.87. The second-order valence-corrected chi connectivity index (χ2v) is 6.71. The van der Waals surface area contributed by atoms with Gasteiger partial charge in [-0.1, -0.05) is 19.3 Å². The summed E-state index contributed by atoms with van der Waals surface area (Å²) in [6, 6.07) is 0. The van der Waals surface area contributed by atoms with Crippen LogP contribution in [0.4, 0.5) is 5.13 Å². The van der Waals surface area contributed by atoms with Gasteiger partial charge in [0.05, 0.1) is 5.69 Å². The molecule has 1 saturated heterocycles. The Bertz CT molecular complexity index is 385. The van der Waals surface area contributed by atoms with Gasteiger partial charge in [0, 0.05) is 25.0 Å². The zero-order valence-corrected chi connectivity index (χ0v) is 11.8. The van der Waals surface area contributed by atoms with Gasteiger partial charge in [-0.15, -0.1) is 11.3 Å². The summed E-state index contributed by atoms with van der Waals surface area (Å²) in [5.74, 6) is 0. The van der Waals surface area contributed by atoms with Crippen molar-refractivity contribution in [3.05, 3.63) is 11.1 Å². The van der Waals surface area contributed by atoms with Gasteiger partial charge in [0.1, 0.15) is 0 Å². The van der Waals surface area contributed by atoms with Crippen molar-refractivity contribution in [2.75, 3.05) is 18.0 Å². The van der Waals surface area contributed by atoms with Crippen molar-refractivity contribution in [2.24, 2.45) is 11.1 Å². The molecule has 2 fully saturated rings. The van der Waals surface area contributed by atoms with Crippen molar-refractivity contribution in [2.45, 2.75) is 51.5 Å². The fourth-order valence-corrected chi connectivity index (χ4v) is 4.40. The smallest absolute Gasteiger partial charge is 0.185 e. The van der Waals surface area contributed by atoms with Crippen LogP contribution in [0.1, 0.15) is 50.6 Å². The molecule has 1 saturated carbocycles. The molecule has 18 heavy (non-hydrogen) atoms. The molecule has 0 bridgehead atoms. The molecule has 1 aliphatic heterocycles. The number of nitrogens with zero attached hydrogens (tertiary/aromatic N) is 2. The van der Waals surface area contributed by atoms with E-state index in [4.69, 9.17) is 5.73 Å². The maximum Gasteiger partial charge on any atom is 0.185 e. The Morgan fingerprint density at radius 3 is 2.50 bits per heavy atom. The van der Waals surface area contributed by atoms with E-state index in [0.29, 0.717) is 12.0 Å². The van der Waals surface area contributed by atoms with Crippen LogP contribution in [-0.4, -0.2) is 18.1 Å². The quantitative estimate of drug-likeness (QED) is 0.893. The first-order valence-corrected chi connectivity index (χ1v) is 8.09. The van der Waals surface area contributed by atoms with Gasteiger partial charge in [0.2, 0.25) is 0 Å². The van der Waals surface area contributed by atoms with Crippen LogP contribution in [0.3, 0.4) is 0 Å². The lowest BCUT2D eigenvalue weighted by molar-refractivity contribution is 0.144. The van der Waals surface area contributed by atoms with Crippen LogP contribution in [-0.2, 0) is 6.54 Å². The number of anilines is 1. The summed E-state index contributed by atoms with van der Waals surface area (Å²) >= 11 is 1.75. The van der Waals surface area contributed by atoms with Gasteiger partial charge in [-0.2, -0.15) is 0 Å². The third-order valence-corrected chi connectivity index (χ3v) is 5.71. The largest absolute Gasteiger partial charge is 0.348 e. The predicted molar refractivity (Wildman–Crippen MR) is 77.0 cm³/mol. The Morgan fingerprint density at radius 1 is 1.17 bits per heavy atom. The van der Waals surface area contributed by atoms with E-state index in [1.54, 1.807) is 11.3 Å². The Balaban J connectivity index is 1.62. The summed E-state index contributed by atoms with van der Waals surface area (Å²) in [5.41, 5.74) is 7.35. The first kappa shape index (κ1) is 12.4. The molecular weight excluding hydrogens is 242 g/mol. The number of piperidine rings is 1. The maximum atomic E-state index is 5.63. The van der Waals surface area contributed by atoms with Gasteiger partial charge in [0.15, 0.2) is 5.13 Å². The fraction of sp³-hybridized carbons (Fsp3) is 0.786. The summed E-state index contributed by atoms with van der Waals surface area (Å²) in [7, 11) is 0. The minimum Gasteiger partial charge on any atom is -0.348 e. The van der Waals surface area contributed by atoms with Gasteiger partial charge in [-0.3, -0.25) is 0 Å². The van der Waals surface area contributed by atoms with E-state index in [-0.39, 0.29) is 0 Å². The van der Waals surface area contributed by atoms with Crippen molar-refractivity contribution in [3.63, 3.8) is 0 Å². The predicted octanol–water partition coefficient (Wildman–Crippen LogP) is 3.15. The highest BCUT2D eigenvalue weighted by molar-refractivity contribution is 7.13. The molecular formula is C14H23N3S. The standard InChI is InChI=1S/C14H23N3S/c15-10-12-11-18-13(16-12)17-8-6-14(7-9-17)4-2-1-3-5-14/h11H,1-10,15H2. The van der Waals surface area contributed by atoms with E-state index in [2.05, 4.69) is 15.3 Å². The molecule has 0 radical (unpaired) electrons. The summed E-state index contributed by atoms with van der Waals surface area (Å²) in [6.45, 7) is 2.95. The summed E-state index contributed by atoms with van der Waals surface area (Å²) in [4.78, 5) is 7.07. The minimum absolute atomic E-state index is 0.564. The maximum absolute atomic E-state index is 5.63. The fourth-order valence-electron chi connectivity index (χ4n) is 3.51. The molecule has 0 aromatic carbocycles. The molecule has 1 aromatic heterocycles. The molecule has 3 nitrogen and oxygen atoms in total. The van der Waals surface area contributed by atoms with Crippen molar-refractivity contribution in [1.29, 1.82) is 0 Å². The zero-order valence-electron chi connectivity index (χ0n) is 11.0. The van der Waals surface area contributed by atoms with Crippen LogP contribution in [0.5, 0.6) is 0 Å². The Kier molecular flexibility index (Phi) is 3.57. The van der Waals surface area contributed by atoms with E-state index < -0.39 is 0 Å². The van der Waals surface area contributed by atoms with Crippen LogP contribution < -0.4 is 10.6 Å². The first-order valence-electron chi connectivity index (χ1n) is 7.21. The van der Waals surface area contributed by atoms with E-state index in [9.17, 15) is 0 Å². The number of rotatable bonds is 2. The third-order valence-electron chi connectivity index (χ3n) is 4.76.